The minimum absolute atomic E-state index is 0.0113. The molecule has 1 rings (SSSR count). The fourth-order valence-electron chi connectivity index (χ4n) is 1.14. The number of nitriles is 1. The molecule has 0 fully saturated rings. The van der Waals surface area contributed by atoms with Crippen molar-refractivity contribution in [1.82, 2.24) is 5.23 Å². The predicted molar refractivity (Wildman–Crippen MR) is 58.7 cm³/mol. The van der Waals surface area contributed by atoms with Crippen LogP contribution in [0.4, 0.5) is 0 Å². The maximum Gasteiger partial charge on any atom is 0.211 e. The van der Waals surface area contributed by atoms with Crippen molar-refractivity contribution >= 4 is 20.9 Å². The highest BCUT2D eigenvalue weighted by Crippen LogP contribution is 2.03. The quantitative estimate of drug-likeness (QED) is 0.619. The fraction of sp³-hybridized carbons (Fsp3) is 0.111. The number of nitrogens with one attached hydrogen (secondary N) is 1. The van der Waals surface area contributed by atoms with E-state index in [0.717, 1.165) is 5.56 Å². The number of carbonyl (C=O) groups is 1. The summed E-state index contributed by atoms with van der Waals surface area (Å²) in [7, 11) is 2.53. The Hall–Kier alpha value is -1.69. The van der Waals surface area contributed by atoms with E-state index in [2.05, 4.69) is 5.23 Å². The van der Waals surface area contributed by atoms with Crippen LogP contribution in [0, 0.1) is 11.3 Å². The number of nitrogens with zero attached hydrogens (tertiary/aromatic N) is 1. The zero-order valence-electron chi connectivity index (χ0n) is 8.08. The van der Waals surface area contributed by atoms with Crippen LogP contribution in [0.1, 0.15) is 11.1 Å². The Kier molecular flexibility index (Phi) is 3.81. The van der Waals surface area contributed by atoms with Crippen LogP contribution in [0.25, 0.3) is 0 Å². The monoisotopic (exact) mass is 184 g/mol. The summed E-state index contributed by atoms with van der Waals surface area (Å²) in [6, 6.07) is 9.06. The zero-order valence-corrected chi connectivity index (χ0v) is 8.08. The number of hydrogen-bond acceptors (Lipinski definition) is 2. The summed E-state index contributed by atoms with van der Waals surface area (Å²) in [6.07, 6.45) is 0.375. The summed E-state index contributed by atoms with van der Waals surface area (Å²) < 4.78 is 0. The van der Waals surface area contributed by atoms with E-state index in [-0.39, 0.29) is 5.91 Å². The lowest BCUT2D eigenvalue weighted by atomic mass is 9.67. The Morgan fingerprint density at radius 3 is 2.64 bits per heavy atom. The molecule has 0 saturated heterocycles. The van der Waals surface area contributed by atoms with Crippen molar-refractivity contribution in [3.63, 3.8) is 0 Å². The third kappa shape index (κ3) is 2.98. The molecule has 0 heterocycles. The fourth-order valence-corrected chi connectivity index (χ4v) is 1.14. The molecule has 0 radical (unpaired) electrons. The maximum atomic E-state index is 11.2. The van der Waals surface area contributed by atoms with Crippen LogP contribution in [-0.2, 0) is 11.2 Å². The van der Waals surface area contributed by atoms with Crippen LogP contribution in [0.3, 0.4) is 0 Å². The molecule has 3 nitrogen and oxygen atoms in total. The highest BCUT2D eigenvalue weighted by Gasteiger charge is 2.01. The van der Waals surface area contributed by atoms with E-state index in [1.165, 1.54) is 0 Å². The molecule has 1 aromatic rings. The molecule has 0 aliphatic carbocycles. The Bertz CT molecular complexity index is 356. The van der Waals surface area contributed by atoms with E-state index in [1.807, 2.05) is 13.8 Å². The van der Waals surface area contributed by atoms with Crippen LogP contribution in [0.2, 0.25) is 0 Å². The maximum absolute atomic E-state index is 11.2. The third-order valence-corrected chi connectivity index (χ3v) is 1.82. The van der Waals surface area contributed by atoms with Crippen molar-refractivity contribution in [2.24, 2.45) is 0 Å². The van der Waals surface area contributed by atoms with Gasteiger partial charge in [0.1, 0.15) is 0 Å². The van der Waals surface area contributed by atoms with Gasteiger partial charge in [0.2, 0.25) is 5.91 Å². The summed E-state index contributed by atoms with van der Waals surface area (Å²) in [4.78, 5) is 11.2. The lowest BCUT2D eigenvalue weighted by molar-refractivity contribution is -0.118. The van der Waals surface area contributed by atoms with Gasteiger partial charge in [0.05, 0.1) is 25.8 Å². The van der Waals surface area contributed by atoms with Gasteiger partial charge in [-0.25, -0.2) is 0 Å². The first-order valence-corrected chi connectivity index (χ1v) is 4.52. The lowest BCUT2D eigenvalue weighted by Gasteiger charge is -2.01. The first kappa shape index (κ1) is 10.4. The third-order valence-electron chi connectivity index (χ3n) is 1.82. The standard InChI is InChI=1S/C9H10B2N2O/c10-11-13-9(14)5-7-1-3-8(6-12)4-2-7/h1-4,11H,5,10H2,(H,13,14). The minimum atomic E-state index is 0.0113. The molecule has 0 spiro atoms. The van der Waals surface area contributed by atoms with E-state index >= 15 is 0 Å². The molecule has 1 amide bonds. The molecule has 0 aliphatic heterocycles. The van der Waals surface area contributed by atoms with Crippen LogP contribution in [0.15, 0.2) is 24.3 Å². The lowest BCUT2D eigenvalue weighted by Crippen LogP contribution is -2.28. The highest BCUT2D eigenvalue weighted by molar-refractivity contribution is 6.89. The molecule has 14 heavy (non-hydrogen) atoms. The molecule has 1 N–H and O–H groups in total. The van der Waals surface area contributed by atoms with Gasteiger partial charge in [0, 0.05) is 0 Å². The number of hydrogen-bond donors (Lipinski definition) is 1. The molecular weight excluding hydrogens is 174 g/mol. The molecule has 0 atom stereocenters. The van der Waals surface area contributed by atoms with Gasteiger partial charge in [-0.3, -0.25) is 4.79 Å². The molecule has 0 bridgehead atoms. The average molecular weight is 184 g/mol. The van der Waals surface area contributed by atoms with E-state index < -0.39 is 0 Å². The molecule has 5 heteroatoms. The Morgan fingerprint density at radius 1 is 1.50 bits per heavy atom. The Balaban J connectivity index is 2.61. The van der Waals surface area contributed by atoms with Gasteiger partial charge in [-0.15, -0.1) is 0 Å². The van der Waals surface area contributed by atoms with E-state index in [9.17, 15) is 4.79 Å². The predicted octanol–water partition coefficient (Wildman–Crippen LogP) is -0.883. The highest BCUT2D eigenvalue weighted by atomic mass is 16.1. The minimum Gasteiger partial charge on any atom is -0.410 e. The Morgan fingerprint density at radius 2 is 2.14 bits per heavy atom. The largest absolute Gasteiger partial charge is 0.410 e. The van der Waals surface area contributed by atoms with Gasteiger partial charge in [-0.05, 0) is 17.7 Å². The van der Waals surface area contributed by atoms with Gasteiger partial charge in [0.25, 0.3) is 0 Å². The Labute approximate surface area is 84.8 Å². The normalized spacial score (nSPS) is 8.79. The van der Waals surface area contributed by atoms with E-state index in [0.29, 0.717) is 19.3 Å². The molecule has 0 saturated carbocycles. The smallest absolute Gasteiger partial charge is 0.211 e. The zero-order chi connectivity index (χ0) is 10.4. The second-order valence-electron chi connectivity index (χ2n) is 2.94. The van der Waals surface area contributed by atoms with E-state index in [4.69, 9.17) is 5.26 Å². The van der Waals surface area contributed by atoms with Crippen molar-refractivity contribution < 1.29 is 4.79 Å². The molecule has 0 unspecified atom stereocenters. The molecule has 0 aliphatic rings. The summed E-state index contributed by atoms with van der Waals surface area (Å²) in [6.45, 7) is 0. The van der Waals surface area contributed by atoms with Crippen molar-refractivity contribution in [2.75, 3.05) is 0 Å². The number of carbonyl (C=O) groups excluding carboxylic acids is 1. The summed E-state index contributed by atoms with van der Waals surface area (Å²) in [5.74, 6) is 0.0113. The second kappa shape index (κ2) is 5.13. The summed E-state index contributed by atoms with van der Waals surface area (Å²) in [5, 5.41) is 11.3. The average Bonchev–Trinajstić information content (AvgIpc) is 2.19. The van der Waals surface area contributed by atoms with Crippen molar-refractivity contribution in [1.29, 1.82) is 5.26 Å². The SMILES string of the molecule is BBNC(=O)Cc1ccc(C#N)cc1. The van der Waals surface area contributed by atoms with Gasteiger partial charge < -0.3 is 5.23 Å². The van der Waals surface area contributed by atoms with Crippen LogP contribution in [-0.4, -0.2) is 20.9 Å². The van der Waals surface area contributed by atoms with Crippen LogP contribution in [0.5, 0.6) is 0 Å². The molecular formula is C9H10B2N2O. The number of benzene rings is 1. The molecule has 0 aromatic heterocycles. The van der Waals surface area contributed by atoms with Crippen LogP contribution >= 0.6 is 0 Å². The number of rotatable bonds is 3. The molecule has 1 aromatic carbocycles. The topological polar surface area (TPSA) is 52.9 Å². The van der Waals surface area contributed by atoms with Gasteiger partial charge in [0.15, 0.2) is 7.31 Å². The van der Waals surface area contributed by atoms with Gasteiger partial charge in [-0.1, -0.05) is 12.1 Å². The first-order chi connectivity index (χ1) is 6.76. The van der Waals surface area contributed by atoms with Crippen LogP contribution < -0.4 is 5.23 Å². The van der Waals surface area contributed by atoms with Crippen molar-refractivity contribution in [3.8, 4) is 6.07 Å². The van der Waals surface area contributed by atoms with Gasteiger partial charge in [-0.2, -0.15) is 5.26 Å². The summed E-state index contributed by atoms with van der Waals surface area (Å²) >= 11 is 0. The van der Waals surface area contributed by atoms with Crippen molar-refractivity contribution in [2.45, 2.75) is 6.42 Å². The van der Waals surface area contributed by atoms with E-state index in [1.54, 1.807) is 24.3 Å². The first-order valence-electron chi connectivity index (χ1n) is 4.52. The summed E-state index contributed by atoms with van der Waals surface area (Å²) in [5.41, 5.74) is 1.54. The number of amides is 1. The molecule has 68 valence electrons. The second-order valence-corrected chi connectivity index (χ2v) is 2.94. The van der Waals surface area contributed by atoms with Crippen molar-refractivity contribution in [3.05, 3.63) is 35.4 Å². The van der Waals surface area contributed by atoms with Gasteiger partial charge >= 0.3 is 0 Å².